The summed E-state index contributed by atoms with van der Waals surface area (Å²) in [5.41, 5.74) is 3.29. The van der Waals surface area contributed by atoms with Crippen LogP contribution in [0.15, 0.2) is 48.2 Å². The molecule has 4 fully saturated rings. The molecule has 3 saturated heterocycles. The zero-order chi connectivity index (χ0) is 45.2. The number of hydrogen-bond acceptors (Lipinski definition) is 14. The molecule has 8 rings (SSSR count). The number of esters is 1. The molecule has 15 nitrogen and oxygen atoms in total. The third-order valence-corrected chi connectivity index (χ3v) is 15.3. The van der Waals surface area contributed by atoms with Crippen molar-refractivity contribution in [3.05, 3.63) is 48.2 Å². The molecule has 1 aromatic carbocycles. The lowest BCUT2D eigenvalue weighted by Crippen LogP contribution is -2.59. The van der Waals surface area contributed by atoms with Crippen LogP contribution in [0.4, 0.5) is 0 Å². The van der Waals surface area contributed by atoms with Gasteiger partial charge in [-0.25, -0.2) is 4.68 Å². The molecule has 17 atom stereocenters. The van der Waals surface area contributed by atoms with Crippen LogP contribution in [-0.4, -0.2) is 130 Å². The summed E-state index contributed by atoms with van der Waals surface area (Å²) in [5, 5.41) is 12.7. The smallest absolute Gasteiger partial charge is 0.306 e. The van der Waals surface area contributed by atoms with Crippen LogP contribution in [0.3, 0.4) is 0 Å². The van der Waals surface area contributed by atoms with Crippen molar-refractivity contribution in [1.82, 2.24) is 20.3 Å². The molecule has 2 aromatic rings. The van der Waals surface area contributed by atoms with Crippen LogP contribution in [0.1, 0.15) is 85.5 Å². The van der Waals surface area contributed by atoms with Crippen LogP contribution >= 0.6 is 0 Å². The third kappa shape index (κ3) is 9.51. The number of fused-ring (bicyclic) bond motifs is 5. The number of carbonyl (C=O) groups excluding carboxylic acids is 2. The molecule has 64 heavy (non-hydrogen) atoms. The minimum Gasteiger partial charge on any atom is -0.497 e. The van der Waals surface area contributed by atoms with Crippen molar-refractivity contribution < 1.29 is 52.2 Å². The average molecular weight is 891 g/mol. The third-order valence-electron chi connectivity index (χ3n) is 15.3. The maximum Gasteiger partial charge on any atom is 0.306 e. The Morgan fingerprint density at radius 3 is 2.28 bits per heavy atom. The number of benzene rings is 1. The Bertz CT molecular complexity index is 1970. The van der Waals surface area contributed by atoms with Gasteiger partial charge < -0.3 is 47.9 Å². The van der Waals surface area contributed by atoms with E-state index in [1.54, 1.807) is 28.4 Å². The number of hydrogen-bond donors (Lipinski definition) is 1. The van der Waals surface area contributed by atoms with Crippen LogP contribution in [0.5, 0.6) is 5.75 Å². The van der Waals surface area contributed by atoms with E-state index in [4.69, 9.17) is 47.8 Å². The number of ketones is 1. The summed E-state index contributed by atoms with van der Waals surface area (Å²) in [6.07, 6.45) is 8.92. The molecule has 4 heterocycles. The Morgan fingerprint density at radius 2 is 1.59 bits per heavy atom. The highest BCUT2D eigenvalue weighted by Crippen LogP contribution is 2.57. The van der Waals surface area contributed by atoms with Crippen LogP contribution < -0.4 is 10.1 Å². The van der Waals surface area contributed by atoms with Crippen LogP contribution in [0.2, 0.25) is 0 Å². The summed E-state index contributed by atoms with van der Waals surface area (Å²) in [7, 11) is 8.54. The predicted octanol–water partition coefficient (Wildman–Crippen LogP) is 6.40. The van der Waals surface area contributed by atoms with Crippen LogP contribution in [0.25, 0.3) is 17.0 Å². The number of rotatable bonds is 12. The lowest BCUT2D eigenvalue weighted by atomic mass is 9.69. The summed E-state index contributed by atoms with van der Waals surface area (Å²) in [6, 6.07) is 8.01. The molecule has 1 N–H and O–H groups in total. The van der Waals surface area contributed by atoms with Gasteiger partial charge in [0, 0.05) is 56.4 Å². The lowest BCUT2D eigenvalue weighted by Gasteiger charge is -2.44. The van der Waals surface area contributed by atoms with Gasteiger partial charge in [0.15, 0.2) is 18.4 Å². The minimum absolute atomic E-state index is 0.00568. The van der Waals surface area contributed by atoms with E-state index in [1.165, 1.54) is 0 Å². The van der Waals surface area contributed by atoms with Crippen molar-refractivity contribution in [3.8, 4) is 17.0 Å². The predicted molar refractivity (Wildman–Crippen MR) is 237 cm³/mol. The van der Waals surface area contributed by atoms with Gasteiger partial charge in [-0.3, -0.25) is 9.59 Å². The Kier molecular flexibility index (Phi) is 15.1. The quantitative estimate of drug-likeness (QED) is 0.233. The fraction of sp³-hybridized carbons (Fsp3) is 0.714. The van der Waals surface area contributed by atoms with Gasteiger partial charge in [0.2, 0.25) is 0 Å². The van der Waals surface area contributed by atoms with Gasteiger partial charge in [0.25, 0.3) is 0 Å². The van der Waals surface area contributed by atoms with E-state index < -0.39 is 36.6 Å². The Labute approximate surface area is 378 Å². The fourth-order valence-corrected chi connectivity index (χ4v) is 11.7. The summed E-state index contributed by atoms with van der Waals surface area (Å²) in [5.74, 6) is -0.523. The minimum atomic E-state index is -0.699. The monoisotopic (exact) mass is 891 g/mol. The largest absolute Gasteiger partial charge is 0.497 e. The zero-order valence-corrected chi connectivity index (χ0v) is 39.1. The van der Waals surface area contributed by atoms with Gasteiger partial charge in [-0.15, -0.1) is 5.10 Å². The second-order valence-electron chi connectivity index (χ2n) is 18.8. The standard InChI is InChI=1S/C49H70N4O11/c1-10-30-12-11-13-42(64-44-19-18-39(50-5)27(3)60-44)26(2)45(55)38-22-34-33-20-32(63-49-48(59-9)47(58-8)46(57-7)28(4)61-49)21-37(33)41(23-35(34)36(38)24-43(54)62-30)53-25-40(51-52-53)29-14-16-31(56-6)17-15-29/h14-17,22-23,25-28,30,32-37,39,42,44,46-50H,10-13,18-21,24H2,1-9H3/t26-,27?,28?,30+,32+,33+,34+,35-,36+,37-,39+,42+,44+,46+,47?,48+,49+/m1/s1. The Morgan fingerprint density at radius 1 is 0.828 bits per heavy atom. The maximum atomic E-state index is 15.1. The van der Waals surface area contributed by atoms with E-state index in [-0.39, 0.29) is 84.5 Å². The first-order valence-electron chi connectivity index (χ1n) is 23.6. The summed E-state index contributed by atoms with van der Waals surface area (Å²) < 4.78 is 57.7. The first-order chi connectivity index (χ1) is 31.0. The van der Waals surface area contributed by atoms with Gasteiger partial charge in [0.05, 0.1) is 44.1 Å². The number of Topliss-reactive ketones (excluding diaryl/α,β-unsaturated/α-hetero) is 1. The molecule has 3 aliphatic heterocycles. The highest BCUT2D eigenvalue weighted by molar-refractivity contribution is 5.99. The van der Waals surface area contributed by atoms with E-state index in [2.05, 4.69) is 36.4 Å². The first-order valence-corrected chi connectivity index (χ1v) is 23.6. The number of carbonyl (C=O) groups is 2. The number of likely N-dealkylation sites (N-methyl/N-ethyl adjacent to an activating group) is 1. The van der Waals surface area contributed by atoms with Crippen LogP contribution in [0, 0.1) is 35.5 Å². The van der Waals surface area contributed by atoms with E-state index >= 15 is 4.79 Å². The molecule has 3 unspecified atom stereocenters. The second kappa shape index (κ2) is 20.5. The number of nitrogens with zero attached hydrogens (tertiary/aromatic N) is 3. The van der Waals surface area contributed by atoms with Crippen molar-refractivity contribution in [3.63, 3.8) is 0 Å². The molecular weight excluding hydrogens is 821 g/mol. The molecule has 352 valence electrons. The number of allylic oxidation sites excluding steroid dienone is 4. The number of nitrogens with one attached hydrogen (secondary N) is 1. The van der Waals surface area contributed by atoms with E-state index in [0.717, 1.165) is 42.0 Å². The van der Waals surface area contributed by atoms with Crippen molar-refractivity contribution in [2.75, 3.05) is 35.5 Å². The maximum absolute atomic E-state index is 15.1. The number of cyclic esters (lactones) is 1. The molecule has 1 saturated carbocycles. The molecule has 1 aromatic heterocycles. The van der Waals surface area contributed by atoms with E-state index in [9.17, 15) is 4.79 Å². The van der Waals surface area contributed by atoms with Crippen molar-refractivity contribution in [2.45, 2.75) is 153 Å². The highest BCUT2D eigenvalue weighted by Gasteiger charge is 2.55. The molecular formula is C49H70N4O11. The van der Waals surface area contributed by atoms with E-state index in [1.807, 2.05) is 56.0 Å². The number of methoxy groups -OCH3 is 4. The summed E-state index contributed by atoms with van der Waals surface area (Å²) >= 11 is 0. The zero-order valence-electron chi connectivity index (χ0n) is 39.1. The lowest BCUT2D eigenvalue weighted by molar-refractivity contribution is -0.314. The Hall–Kier alpha value is -3.54. The molecule has 0 spiro atoms. The van der Waals surface area contributed by atoms with Gasteiger partial charge >= 0.3 is 5.97 Å². The average Bonchev–Trinajstić information content (AvgIpc) is 4.05. The topological polar surface area (TPSA) is 160 Å². The van der Waals surface area contributed by atoms with Crippen LogP contribution in [-0.2, 0) is 47.5 Å². The van der Waals surface area contributed by atoms with Crippen molar-refractivity contribution in [1.29, 1.82) is 0 Å². The molecule has 0 radical (unpaired) electrons. The van der Waals surface area contributed by atoms with Gasteiger partial charge in [-0.1, -0.05) is 31.2 Å². The summed E-state index contributed by atoms with van der Waals surface area (Å²) in [4.78, 5) is 29.1. The normalized spacial score (nSPS) is 39.4. The molecule has 0 bridgehead atoms. The molecule has 3 aliphatic carbocycles. The molecule has 15 heteroatoms. The summed E-state index contributed by atoms with van der Waals surface area (Å²) in [6.45, 7) is 8.08. The molecule has 0 amide bonds. The van der Waals surface area contributed by atoms with Crippen molar-refractivity contribution in [2.24, 2.45) is 35.5 Å². The van der Waals surface area contributed by atoms with Crippen molar-refractivity contribution >= 4 is 17.4 Å². The highest BCUT2D eigenvalue weighted by atomic mass is 16.7. The Balaban J connectivity index is 1.14. The fourth-order valence-electron chi connectivity index (χ4n) is 11.7. The first kappa shape index (κ1) is 47.0. The number of aromatic nitrogens is 3. The number of ether oxygens (including phenoxy) is 9. The van der Waals surface area contributed by atoms with Gasteiger partial charge in [-0.05, 0) is 120 Å². The van der Waals surface area contributed by atoms with Gasteiger partial charge in [-0.2, -0.15) is 0 Å². The van der Waals surface area contributed by atoms with E-state index in [0.29, 0.717) is 37.7 Å². The SMILES string of the molecule is CC[C@H]1CCC[C@H](O[C@H]2CC[C@H](NC)C(C)O2)[C@@H](C)C(=O)C2=C[C@@H]3[C@@H](C=C(n4cc(-c5ccc(OC)cc5)nn4)[C@@H]4C[C@@H](O[C@@H]5OC(C)[C@H](OC)C(OC)[C@@H]5OC)C[C@@H]34)[C@@H]2CC(=O)O1. The van der Waals surface area contributed by atoms with Gasteiger partial charge in [0.1, 0.15) is 35.9 Å². The second-order valence-corrected chi connectivity index (χ2v) is 18.8. The molecule has 6 aliphatic rings.